The van der Waals surface area contributed by atoms with Crippen LogP contribution in [0.25, 0.3) is 0 Å². The van der Waals surface area contributed by atoms with Crippen LogP contribution in [-0.2, 0) is 9.53 Å². The van der Waals surface area contributed by atoms with Crippen LogP contribution in [-0.4, -0.2) is 62.3 Å². The molecule has 1 atom stereocenters. The second-order valence-electron chi connectivity index (χ2n) is 8.64. The summed E-state index contributed by atoms with van der Waals surface area (Å²) in [5, 5.41) is 2.91. The highest BCUT2D eigenvalue weighted by Crippen LogP contribution is 2.25. The van der Waals surface area contributed by atoms with Gasteiger partial charge in [-0.15, -0.1) is 0 Å². The Morgan fingerprint density at radius 2 is 1.84 bits per heavy atom. The fourth-order valence-electron chi connectivity index (χ4n) is 4.69. The molecule has 2 fully saturated rings. The molecule has 2 aliphatic heterocycles. The summed E-state index contributed by atoms with van der Waals surface area (Å²) in [6.07, 6.45) is 5.19. The van der Waals surface area contributed by atoms with Gasteiger partial charge in [-0.25, -0.2) is 0 Å². The highest BCUT2D eigenvalue weighted by molar-refractivity contribution is 5.92. The van der Waals surface area contributed by atoms with E-state index >= 15 is 0 Å². The van der Waals surface area contributed by atoms with Gasteiger partial charge < -0.3 is 19.7 Å². The molecule has 1 unspecified atom stereocenters. The van der Waals surface area contributed by atoms with Crippen molar-refractivity contribution >= 4 is 17.3 Å². The number of hydrogen-bond donors (Lipinski definition) is 1. The number of nitrogens with zero attached hydrogens (tertiary/aromatic N) is 2. The first-order chi connectivity index (χ1) is 15.7. The summed E-state index contributed by atoms with van der Waals surface area (Å²) in [6, 6.07) is 18.1. The minimum Gasteiger partial charge on any atom is -0.484 e. The van der Waals surface area contributed by atoms with Crippen molar-refractivity contribution < 1.29 is 14.3 Å². The van der Waals surface area contributed by atoms with Crippen LogP contribution < -0.4 is 15.0 Å². The zero-order valence-electron chi connectivity index (χ0n) is 19.0. The largest absolute Gasteiger partial charge is 0.484 e. The van der Waals surface area contributed by atoms with E-state index in [1.807, 2.05) is 42.5 Å². The predicted molar refractivity (Wildman–Crippen MR) is 128 cm³/mol. The Bertz CT molecular complexity index is 829. The predicted octanol–water partition coefficient (Wildman–Crippen LogP) is 4.17. The van der Waals surface area contributed by atoms with Gasteiger partial charge in [0.1, 0.15) is 5.75 Å². The van der Waals surface area contributed by atoms with Crippen molar-refractivity contribution in [1.82, 2.24) is 4.90 Å². The van der Waals surface area contributed by atoms with Gasteiger partial charge in [-0.2, -0.15) is 0 Å². The van der Waals surface area contributed by atoms with Gasteiger partial charge in [0.15, 0.2) is 6.61 Å². The maximum atomic E-state index is 12.2. The number of nitrogens with one attached hydrogen (secondary N) is 1. The number of para-hydroxylation sites is 1. The molecule has 2 aliphatic rings. The van der Waals surface area contributed by atoms with E-state index in [-0.39, 0.29) is 12.5 Å². The second kappa shape index (κ2) is 11.3. The van der Waals surface area contributed by atoms with Gasteiger partial charge in [-0.3, -0.25) is 9.69 Å². The number of carbonyl (C=O) groups excluding carboxylic acids is 1. The quantitative estimate of drug-likeness (QED) is 0.638. The van der Waals surface area contributed by atoms with Crippen molar-refractivity contribution in [3.63, 3.8) is 0 Å². The molecule has 0 aliphatic carbocycles. The highest BCUT2D eigenvalue weighted by Gasteiger charge is 2.27. The molecule has 6 heteroatoms. The summed E-state index contributed by atoms with van der Waals surface area (Å²) >= 11 is 0. The van der Waals surface area contributed by atoms with E-state index < -0.39 is 0 Å². The molecule has 1 N–H and O–H groups in total. The third kappa shape index (κ3) is 6.24. The Kier molecular flexibility index (Phi) is 8.02. The van der Waals surface area contributed by atoms with Crippen molar-refractivity contribution in [2.75, 3.05) is 49.6 Å². The van der Waals surface area contributed by atoms with Crippen LogP contribution in [0.15, 0.2) is 54.6 Å². The number of amides is 1. The first kappa shape index (κ1) is 22.6. The average molecular weight is 438 g/mol. The topological polar surface area (TPSA) is 54.0 Å². The van der Waals surface area contributed by atoms with Crippen LogP contribution in [0.1, 0.15) is 32.6 Å². The van der Waals surface area contributed by atoms with E-state index in [2.05, 4.69) is 34.2 Å². The summed E-state index contributed by atoms with van der Waals surface area (Å²) in [6.45, 7) is 7.47. The molecule has 0 bridgehead atoms. The Labute approximate surface area is 191 Å². The number of anilines is 2. The van der Waals surface area contributed by atoms with Crippen LogP contribution in [0.5, 0.6) is 5.75 Å². The summed E-state index contributed by atoms with van der Waals surface area (Å²) in [4.78, 5) is 17.2. The van der Waals surface area contributed by atoms with E-state index in [0.717, 1.165) is 38.5 Å². The number of piperidine rings is 1. The molecule has 0 saturated carbocycles. The Morgan fingerprint density at radius 1 is 1.09 bits per heavy atom. The minimum absolute atomic E-state index is 0.000889. The lowest BCUT2D eigenvalue weighted by Gasteiger charge is -2.40. The number of benzene rings is 2. The summed E-state index contributed by atoms with van der Waals surface area (Å²) in [5.41, 5.74) is 2.00. The molecule has 32 heavy (non-hydrogen) atoms. The number of rotatable bonds is 9. The Balaban J connectivity index is 1.22. The van der Waals surface area contributed by atoms with Gasteiger partial charge in [0.05, 0.1) is 6.10 Å². The van der Waals surface area contributed by atoms with E-state index in [0.29, 0.717) is 17.9 Å². The number of ether oxygens (including phenoxy) is 2. The van der Waals surface area contributed by atoms with Gasteiger partial charge in [-0.1, -0.05) is 25.1 Å². The third-order valence-corrected chi connectivity index (χ3v) is 6.48. The first-order valence-electron chi connectivity index (χ1n) is 11.9. The fraction of sp³-hybridized carbons (Fsp3) is 0.500. The lowest BCUT2D eigenvalue weighted by Crippen LogP contribution is -2.47. The van der Waals surface area contributed by atoms with Crippen molar-refractivity contribution in [3.8, 4) is 5.75 Å². The van der Waals surface area contributed by atoms with E-state index in [1.165, 1.54) is 31.4 Å². The molecular weight excluding hydrogens is 402 g/mol. The lowest BCUT2D eigenvalue weighted by atomic mass is 10.0. The van der Waals surface area contributed by atoms with Gasteiger partial charge in [-0.05, 0) is 68.6 Å². The second-order valence-corrected chi connectivity index (χ2v) is 8.64. The summed E-state index contributed by atoms with van der Waals surface area (Å²) < 4.78 is 11.4. The molecule has 6 nitrogen and oxygen atoms in total. The third-order valence-electron chi connectivity index (χ3n) is 6.48. The minimum atomic E-state index is -0.159. The van der Waals surface area contributed by atoms with Crippen LogP contribution in [0.3, 0.4) is 0 Å². The maximum Gasteiger partial charge on any atom is 0.262 e. The van der Waals surface area contributed by atoms with Gasteiger partial charge in [0, 0.05) is 43.7 Å². The number of hydrogen-bond acceptors (Lipinski definition) is 5. The molecular formula is C26H35N3O3. The summed E-state index contributed by atoms with van der Waals surface area (Å²) in [7, 11) is 0. The zero-order valence-corrected chi connectivity index (χ0v) is 19.0. The SMILES string of the molecule is CCN(CC1CCCO1)C1CCN(c2ccc(NC(=O)COc3ccccc3)cc2)CC1. The molecule has 172 valence electrons. The van der Waals surface area contributed by atoms with E-state index in [1.54, 1.807) is 0 Å². The molecule has 1 amide bonds. The van der Waals surface area contributed by atoms with Gasteiger partial charge in [0.25, 0.3) is 5.91 Å². The first-order valence-corrected chi connectivity index (χ1v) is 11.9. The molecule has 0 aromatic heterocycles. The monoisotopic (exact) mass is 437 g/mol. The van der Waals surface area contributed by atoms with Crippen LogP contribution in [0.4, 0.5) is 11.4 Å². The van der Waals surface area contributed by atoms with Crippen LogP contribution >= 0.6 is 0 Å². The number of likely N-dealkylation sites (N-methyl/N-ethyl adjacent to an activating group) is 1. The zero-order chi connectivity index (χ0) is 22.2. The van der Waals surface area contributed by atoms with Crippen LogP contribution in [0, 0.1) is 0 Å². The Morgan fingerprint density at radius 3 is 2.50 bits per heavy atom. The fourth-order valence-corrected chi connectivity index (χ4v) is 4.69. The van der Waals surface area contributed by atoms with E-state index in [4.69, 9.17) is 9.47 Å². The normalized spacial score (nSPS) is 19.3. The van der Waals surface area contributed by atoms with Crippen LogP contribution in [0.2, 0.25) is 0 Å². The molecule has 0 radical (unpaired) electrons. The van der Waals surface area contributed by atoms with Crippen molar-refractivity contribution in [2.45, 2.75) is 44.8 Å². The average Bonchev–Trinajstić information content (AvgIpc) is 3.36. The smallest absolute Gasteiger partial charge is 0.262 e. The molecule has 4 rings (SSSR count). The highest BCUT2D eigenvalue weighted by atomic mass is 16.5. The summed E-state index contributed by atoms with van der Waals surface area (Å²) in [5.74, 6) is 0.534. The molecule has 2 saturated heterocycles. The van der Waals surface area contributed by atoms with Crippen molar-refractivity contribution in [2.24, 2.45) is 0 Å². The molecule has 0 spiro atoms. The molecule has 2 aromatic carbocycles. The standard InChI is InChI=1S/C26H35N3O3/c1-2-28(19-25-9-6-18-31-25)23-14-16-29(17-15-23)22-12-10-21(11-13-22)27-26(30)20-32-24-7-4-3-5-8-24/h3-5,7-8,10-13,23,25H,2,6,9,14-20H2,1H3,(H,27,30). The Hall–Kier alpha value is -2.57. The molecule has 2 aromatic rings. The number of carbonyl (C=O) groups is 1. The van der Waals surface area contributed by atoms with Gasteiger partial charge >= 0.3 is 0 Å². The van der Waals surface area contributed by atoms with E-state index in [9.17, 15) is 4.79 Å². The molecule has 2 heterocycles. The van der Waals surface area contributed by atoms with Gasteiger partial charge in [0.2, 0.25) is 0 Å². The maximum absolute atomic E-state index is 12.2. The van der Waals surface area contributed by atoms with Crippen molar-refractivity contribution in [1.29, 1.82) is 0 Å². The van der Waals surface area contributed by atoms with Crippen molar-refractivity contribution in [3.05, 3.63) is 54.6 Å². The lowest BCUT2D eigenvalue weighted by molar-refractivity contribution is -0.118.